The van der Waals surface area contributed by atoms with Gasteiger partial charge < -0.3 is 19.2 Å². The molecule has 1 N–H and O–H groups in total. The summed E-state index contributed by atoms with van der Waals surface area (Å²) >= 11 is 0. The second-order valence-electron chi connectivity index (χ2n) is 6.76. The molecule has 1 aliphatic heterocycles. The highest BCUT2D eigenvalue weighted by atomic mass is 16.5. The number of rotatable bonds is 6. The van der Waals surface area contributed by atoms with Crippen molar-refractivity contribution in [2.24, 2.45) is 0 Å². The first-order valence-corrected chi connectivity index (χ1v) is 9.54. The van der Waals surface area contributed by atoms with E-state index >= 15 is 0 Å². The first-order valence-electron chi connectivity index (χ1n) is 9.54. The number of likely N-dealkylation sites (tertiary alicyclic amines) is 1. The zero-order valence-electron chi connectivity index (χ0n) is 16.3. The monoisotopic (exact) mass is 404 g/mol. The third-order valence-electron chi connectivity index (χ3n) is 4.87. The topological polar surface area (TPSA) is 92.9 Å². The Morgan fingerprint density at radius 2 is 1.97 bits per heavy atom. The Labute approximate surface area is 173 Å². The molecule has 30 heavy (non-hydrogen) atoms. The first-order chi connectivity index (χ1) is 14.6. The van der Waals surface area contributed by atoms with Crippen molar-refractivity contribution in [1.82, 2.24) is 9.88 Å². The van der Waals surface area contributed by atoms with Gasteiger partial charge in [-0.25, -0.2) is 0 Å². The SMILES string of the molecule is CCOc1cccc(/C(O)=C2/C(=O)C(=O)N(Cc3ccncc3)C2c2ccco2)c1. The summed E-state index contributed by atoms with van der Waals surface area (Å²) in [5, 5.41) is 11.0. The highest BCUT2D eigenvalue weighted by Gasteiger charge is 2.47. The summed E-state index contributed by atoms with van der Waals surface area (Å²) in [6.07, 6.45) is 4.71. The molecule has 7 heteroatoms. The molecule has 3 aromatic rings. The summed E-state index contributed by atoms with van der Waals surface area (Å²) in [6, 6.07) is 12.8. The minimum atomic E-state index is -0.844. The van der Waals surface area contributed by atoms with Crippen molar-refractivity contribution in [3.63, 3.8) is 0 Å². The average molecular weight is 404 g/mol. The van der Waals surface area contributed by atoms with Crippen molar-refractivity contribution in [3.8, 4) is 5.75 Å². The molecule has 1 atom stereocenters. The van der Waals surface area contributed by atoms with Crippen LogP contribution in [0.5, 0.6) is 5.75 Å². The third-order valence-corrected chi connectivity index (χ3v) is 4.87. The molecular formula is C23H20N2O5. The fraction of sp³-hybridized carbons (Fsp3) is 0.174. The number of aromatic nitrogens is 1. The van der Waals surface area contributed by atoms with Crippen LogP contribution < -0.4 is 4.74 Å². The number of ether oxygens (including phenoxy) is 1. The van der Waals surface area contributed by atoms with Gasteiger partial charge in [-0.2, -0.15) is 0 Å². The molecule has 1 fully saturated rings. The standard InChI is InChI=1S/C23H20N2O5/c1-2-29-17-6-3-5-16(13-17)21(26)19-20(18-7-4-12-30-18)25(23(28)22(19)27)14-15-8-10-24-11-9-15/h3-13,20,26H,2,14H2,1H3/b21-19-. The second kappa shape index (κ2) is 8.24. The fourth-order valence-electron chi connectivity index (χ4n) is 3.53. The van der Waals surface area contributed by atoms with E-state index in [4.69, 9.17) is 9.15 Å². The van der Waals surface area contributed by atoms with Gasteiger partial charge in [-0.3, -0.25) is 14.6 Å². The number of Topliss-reactive ketones (excluding diaryl/α,β-unsaturated/α-hetero) is 1. The molecule has 4 rings (SSSR count). The average Bonchev–Trinajstić information content (AvgIpc) is 3.37. The smallest absolute Gasteiger partial charge is 0.296 e. The Kier molecular flexibility index (Phi) is 5.34. The van der Waals surface area contributed by atoms with Crippen LogP contribution >= 0.6 is 0 Å². The number of hydrogen-bond donors (Lipinski definition) is 1. The summed E-state index contributed by atoms with van der Waals surface area (Å²) in [6.45, 7) is 2.50. The highest BCUT2D eigenvalue weighted by Crippen LogP contribution is 2.40. The van der Waals surface area contributed by atoms with Crippen LogP contribution in [0, 0.1) is 0 Å². The molecular weight excluding hydrogens is 384 g/mol. The molecule has 0 spiro atoms. The molecule has 0 saturated carbocycles. The molecule has 0 aliphatic carbocycles. The van der Waals surface area contributed by atoms with E-state index in [9.17, 15) is 14.7 Å². The number of carbonyl (C=O) groups is 2. The van der Waals surface area contributed by atoms with Gasteiger partial charge in [-0.1, -0.05) is 12.1 Å². The predicted octanol–water partition coefficient (Wildman–Crippen LogP) is 3.70. The number of benzene rings is 1. The number of amides is 1. The Balaban J connectivity index is 1.81. The Hall–Kier alpha value is -3.87. The maximum Gasteiger partial charge on any atom is 0.296 e. The van der Waals surface area contributed by atoms with Gasteiger partial charge in [-0.15, -0.1) is 0 Å². The number of ketones is 1. The largest absolute Gasteiger partial charge is 0.507 e. The van der Waals surface area contributed by atoms with Gasteiger partial charge >= 0.3 is 0 Å². The van der Waals surface area contributed by atoms with Crippen LogP contribution in [0.2, 0.25) is 0 Å². The van der Waals surface area contributed by atoms with E-state index in [-0.39, 0.29) is 17.9 Å². The Morgan fingerprint density at radius 3 is 2.67 bits per heavy atom. The van der Waals surface area contributed by atoms with E-state index < -0.39 is 17.7 Å². The number of pyridine rings is 1. The summed E-state index contributed by atoms with van der Waals surface area (Å²) < 4.78 is 11.0. The number of aliphatic hydroxyl groups excluding tert-OH is 1. The molecule has 0 bridgehead atoms. The fourth-order valence-corrected chi connectivity index (χ4v) is 3.53. The van der Waals surface area contributed by atoms with Gasteiger partial charge in [-0.05, 0) is 48.9 Å². The van der Waals surface area contributed by atoms with E-state index in [1.165, 1.54) is 11.2 Å². The molecule has 1 unspecified atom stereocenters. The number of nitrogens with zero attached hydrogens (tertiary/aromatic N) is 2. The minimum Gasteiger partial charge on any atom is -0.507 e. The summed E-state index contributed by atoms with van der Waals surface area (Å²) in [5.41, 5.74) is 1.18. The molecule has 3 heterocycles. The van der Waals surface area contributed by atoms with E-state index in [1.54, 1.807) is 60.9 Å². The summed E-state index contributed by atoms with van der Waals surface area (Å²) in [7, 11) is 0. The summed E-state index contributed by atoms with van der Waals surface area (Å²) in [4.78, 5) is 31.2. The molecule has 1 aliphatic rings. The van der Waals surface area contributed by atoms with Crippen LogP contribution in [0.1, 0.15) is 29.9 Å². The zero-order chi connectivity index (χ0) is 21.1. The van der Waals surface area contributed by atoms with Crippen LogP contribution in [-0.4, -0.2) is 33.3 Å². The van der Waals surface area contributed by atoms with E-state index in [0.29, 0.717) is 23.7 Å². The van der Waals surface area contributed by atoms with E-state index in [2.05, 4.69) is 4.98 Å². The lowest BCUT2D eigenvalue weighted by Gasteiger charge is -2.23. The van der Waals surface area contributed by atoms with Crippen molar-refractivity contribution in [2.45, 2.75) is 19.5 Å². The van der Waals surface area contributed by atoms with Crippen molar-refractivity contribution in [2.75, 3.05) is 6.61 Å². The van der Waals surface area contributed by atoms with Crippen molar-refractivity contribution >= 4 is 17.4 Å². The quantitative estimate of drug-likeness (QED) is 0.383. The third kappa shape index (κ3) is 3.57. The van der Waals surface area contributed by atoms with Crippen molar-refractivity contribution in [1.29, 1.82) is 0 Å². The van der Waals surface area contributed by atoms with Gasteiger partial charge in [0.25, 0.3) is 11.7 Å². The van der Waals surface area contributed by atoms with Crippen LogP contribution in [0.25, 0.3) is 5.76 Å². The molecule has 0 radical (unpaired) electrons. The second-order valence-corrected chi connectivity index (χ2v) is 6.76. The van der Waals surface area contributed by atoms with Crippen LogP contribution in [-0.2, 0) is 16.1 Å². The lowest BCUT2D eigenvalue weighted by molar-refractivity contribution is -0.140. The van der Waals surface area contributed by atoms with Crippen LogP contribution in [0.4, 0.5) is 0 Å². The molecule has 7 nitrogen and oxygen atoms in total. The van der Waals surface area contributed by atoms with Crippen LogP contribution in [0.3, 0.4) is 0 Å². The van der Waals surface area contributed by atoms with Crippen molar-refractivity contribution < 1.29 is 23.8 Å². The van der Waals surface area contributed by atoms with Crippen molar-refractivity contribution in [3.05, 3.63) is 89.6 Å². The molecule has 2 aromatic heterocycles. The van der Waals surface area contributed by atoms with Gasteiger partial charge in [0.15, 0.2) is 0 Å². The highest BCUT2D eigenvalue weighted by molar-refractivity contribution is 6.46. The molecule has 1 saturated heterocycles. The minimum absolute atomic E-state index is 0.0161. The predicted molar refractivity (Wildman–Crippen MR) is 108 cm³/mol. The van der Waals surface area contributed by atoms with Gasteiger partial charge in [0, 0.05) is 24.5 Å². The molecule has 1 amide bonds. The first kappa shape index (κ1) is 19.4. The van der Waals surface area contributed by atoms with E-state index in [0.717, 1.165) is 5.56 Å². The maximum absolute atomic E-state index is 12.9. The molecule has 152 valence electrons. The van der Waals surface area contributed by atoms with Gasteiger partial charge in [0.2, 0.25) is 0 Å². The van der Waals surface area contributed by atoms with Gasteiger partial charge in [0.05, 0.1) is 18.4 Å². The zero-order valence-corrected chi connectivity index (χ0v) is 16.3. The summed E-state index contributed by atoms with van der Waals surface area (Å²) in [5.74, 6) is -0.776. The number of furan rings is 1. The number of hydrogen-bond acceptors (Lipinski definition) is 6. The Bertz CT molecular complexity index is 1090. The normalized spacial score (nSPS) is 18.0. The van der Waals surface area contributed by atoms with Crippen LogP contribution in [0.15, 0.2) is 77.2 Å². The molecule has 1 aromatic carbocycles. The number of aliphatic hydroxyl groups is 1. The van der Waals surface area contributed by atoms with Gasteiger partial charge in [0.1, 0.15) is 23.3 Å². The van der Waals surface area contributed by atoms with E-state index in [1.807, 2.05) is 6.92 Å². The lowest BCUT2D eigenvalue weighted by Crippen LogP contribution is -2.29. The Morgan fingerprint density at radius 1 is 1.17 bits per heavy atom. The number of carbonyl (C=O) groups excluding carboxylic acids is 2. The maximum atomic E-state index is 12.9. The lowest BCUT2D eigenvalue weighted by atomic mass is 9.99.